The number of urea groups is 1. The minimum Gasteiger partial charge on any atom is -0.396 e. The molecular weight excluding hydrogens is 271 g/mol. The van der Waals surface area contributed by atoms with Crippen LogP contribution in [0.15, 0.2) is 24.3 Å². The summed E-state index contributed by atoms with van der Waals surface area (Å²) < 4.78 is 12.8. The van der Waals surface area contributed by atoms with Crippen LogP contribution in [0.3, 0.4) is 0 Å². The Kier molecular flexibility index (Phi) is 7.75. The van der Waals surface area contributed by atoms with Crippen LogP contribution in [0.1, 0.15) is 32.3 Å². The molecule has 0 aliphatic heterocycles. The van der Waals surface area contributed by atoms with Gasteiger partial charge in [-0.25, -0.2) is 9.18 Å². The van der Waals surface area contributed by atoms with Gasteiger partial charge in [-0.1, -0.05) is 26.0 Å². The lowest BCUT2D eigenvalue weighted by molar-refractivity contribution is 0.225. The summed E-state index contributed by atoms with van der Waals surface area (Å²) in [5.41, 5.74) is 0.848. The maximum absolute atomic E-state index is 12.8. The summed E-state index contributed by atoms with van der Waals surface area (Å²) in [4.78, 5) is 11.7. The first-order valence-corrected chi connectivity index (χ1v) is 7.38. The molecule has 0 heterocycles. The Hall–Kier alpha value is -1.62. The lowest BCUT2D eigenvalue weighted by atomic mass is 9.94. The van der Waals surface area contributed by atoms with Crippen molar-refractivity contribution in [2.24, 2.45) is 11.8 Å². The molecule has 0 saturated carbocycles. The number of halogens is 1. The number of aliphatic hydroxyl groups excluding tert-OH is 1. The molecule has 0 fully saturated rings. The zero-order valence-electron chi connectivity index (χ0n) is 12.7. The Morgan fingerprint density at radius 1 is 1.24 bits per heavy atom. The van der Waals surface area contributed by atoms with E-state index in [-0.39, 0.29) is 24.4 Å². The van der Waals surface area contributed by atoms with Gasteiger partial charge in [-0.2, -0.15) is 0 Å². The predicted octanol–water partition coefficient (Wildman–Crippen LogP) is 2.67. The van der Waals surface area contributed by atoms with Crippen LogP contribution in [0, 0.1) is 17.7 Å². The van der Waals surface area contributed by atoms with Crippen LogP contribution in [-0.2, 0) is 6.54 Å². The molecule has 5 heteroatoms. The molecule has 0 aliphatic carbocycles. The summed E-state index contributed by atoms with van der Waals surface area (Å²) in [5, 5.41) is 14.6. The molecule has 0 aliphatic rings. The predicted molar refractivity (Wildman–Crippen MR) is 81.3 cm³/mol. The Balaban J connectivity index is 2.30. The summed E-state index contributed by atoms with van der Waals surface area (Å²) in [6.07, 6.45) is 1.66. The van der Waals surface area contributed by atoms with E-state index in [0.29, 0.717) is 25.4 Å². The van der Waals surface area contributed by atoms with E-state index >= 15 is 0 Å². The van der Waals surface area contributed by atoms with Crippen molar-refractivity contribution in [2.45, 2.75) is 33.2 Å². The van der Waals surface area contributed by atoms with Crippen molar-refractivity contribution in [1.29, 1.82) is 0 Å². The Morgan fingerprint density at radius 3 is 2.48 bits per heavy atom. The smallest absolute Gasteiger partial charge is 0.315 e. The highest BCUT2D eigenvalue weighted by Crippen LogP contribution is 2.14. The molecule has 1 aromatic rings. The van der Waals surface area contributed by atoms with Crippen molar-refractivity contribution in [2.75, 3.05) is 13.2 Å². The normalized spacial score (nSPS) is 12.2. The maximum Gasteiger partial charge on any atom is 0.315 e. The van der Waals surface area contributed by atoms with Crippen molar-refractivity contribution in [3.05, 3.63) is 35.6 Å². The van der Waals surface area contributed by atoms with Gasteiger partial charge in [0.05, 0.1) is 0 Å². The zero-order chi connectivity index (χ0) is 15.7. The fourth-order valence-corrected chi connectivity index (χ4v) is 2.24. The highest BCUT2D eigenvalue weighted by Gasteiger charge is 2.12. The van der Waals surface area contributed by atoms with Gasteiger partial charge in [0.15, 0.2) is 0 Å². The van der Waals surface area contributed by atoms with Crippen LogP contribution in [0.4, 0.5) is 9.18 Å². The number of rotatable bonds is 8. The number of carbonyl (C=O) groups is 1. The molecule has 1 unspecified atom stereocenters. The van der Waals surface area contributed by atoms with Gasteiger partial charge in [0.25, 0.3) is 0 Å². The van der Waals surface area contributed by atoms with Crippen LogP contribution in [0.5, 0.6) is 0 Å². The van der Waals surface area contributed by atoms with E-state index in [1.807, 2.05) is 0 Å². The van der Waals surface area contributed by atoms with Gasteiger partial charge >= 0.3 is 6.03 Å². The van der Waals surface area contributed by atoms with Crippen LogP contribution >= 0.6 is 0 Å². The molecule has 21 heavy (non-hydrogen) atoms. The van der Waals surface area contributed by atoms with Crippen LogP contribution in [-0.4, -0.2) is 24.3 Å². The largest absolute Gasteiger partial charge is 0.396 e. The Morgan fingerprint density at radius 2 is 1.90 bits per heavy atom. The number of hydrogen-bond acceptors (Lipinski definition) is 2. The number of hydrogen-bond donors (Lipinski definition) is 3. The van der Waals surface area contributed by atoms with E-state index in [9.17, 15) is 9.18 Å². The highest BCUT2D eigenvalue weighted by atomic mass is 19.1. The number of benzene rings is 1. The Labute approximate surface area is 125 Å². The number of amides is 2. The van der Waals surface area contributed by atoms with E-state index < -0.39 is 0 Å². The molecule has 2 amide bonds. The fourth-order valence-electron chi connectivity index (χ4n) is 2.24. The minimum atomic E-state index is -0.288. The lowest BCUT2D eigenvalue weighted by Crippen LogP contribution is -2.38. The summed E-state index contributed by atoms with van der Waals surface area (Å²) in [5.74, 6) is 0.529. The lowest BCUT2D eigenvalue weighted by Gasteiger charge is -2.18. The second kappa shape index (κ2) is 9.34. The average molecular weight is 296 g/mol. The first kappa shape index (κ1) is 17.4. The highest BCUT2D eigenvalue weighted by molar-refractivity contribution is 5.73. The minimum absolute atomic E-state index is 0.135. The summed E-state index contributed by atoms with van der Waals surface area (Å²) in [6.45, 7) is 5.29. The standard InChI is InChI=1S/C16H25FN2O2/c1-12(2)9-14(7-8-20)11-19-16(21)18-10-13-3-5-15(17)6-4-13/h3-6,12,14,20H,7-11H2,1-2H3,(H2,18,19,21). The molecule has 3 N–H and O–H groups in total. The van der Waals surface area contributed by atoms with Crippen molar-refractivity contribution in [3.8, 4) is 0 Å². The second-order valence-electron chi connectivity index (χ2n) is 5.70. The third-order valence-electron chi connectivity index (χ3n) is 3.26. The van der Waals surface area contributed by atoms with Crippen molar-refractivity contribution < 1.29 is 14.3 Å². The van der Waals surface area contributed by atoms with E-state index in [2.05, 4.69) is 24.5 Å². The molecule has 0 spiro atoms. The zero-order valence-corrected chi connectivity index (χ0v) is 12.7. The van der Waals surface area contributed by atoms with E-state index in [1.165, 1.54) is 12.1 Å². The number of nitrogens with one attached hydrogen (secondary N) is 2. The van der Waals surface area contributed by atoms with Crippen molar-refractivity contribution >= 4 is 6.03 Å². The average Bonchev–Trinajstić information content (AvgIpc) is 2.44. The van der Waals surface area contributed by atoms with Gasteiger partial charge in [-0.15, -0.1) is 0 Å². The quantitative estimate of drug-likeness (QED) is 0.690. The van der Waals surface area contributed by atoms with E-state index in [4.69, 9.17) is 5.11 Å². The van der Waals surface area contributed by atoms with Crippen LogP contribution < -0.4 is 10.6 Å². The number of aliphatic hydroxyl groups is 1. The summed E-state index contributed by atoms with van der Waals surface area (Å²) in [7, 11) is 0. The molecule has 0 aromatic heterocycles. The first-order valence-electron chi connectivity index (χ1n) is 7.38. The summed E-state index contributed by atoms with van der Waals surface area (Å²) in [6, 6.07) is 5.78. The van der Waals surface area contributed by atoms with Gasteiger partial charge in [-0.05, 0) is 42.4 Å². The summed E-state index contributed by atoms with van der Waals surface area (Å²) >= 11 is 0. The monoisotopic (exact) mass is 296 g/mol. The van der Waals surface area contributed by atoms with Gasteiger partial charge in [0.2, 0.25) is 0 Å². The van der Waals surface area contributed by atoms with Crippen LogP contribution in [0.2, 0.25) is 0 Å². The Bertz CT molecular complexity index is 421. The third kappa shape index (κ3) is 7.66. The second-order valence-corrected chi connectivity index (χ2v) is 5.70. The van der Waals surface area contributed by atoms with Gasteiger partial charge in [0.1, 0.15) is 5.82 Å². The molecule has 4 nitrogen and oxygen atoms in total. The van der Waals surface area contributed by atoms with Crippen LogP contribution in [0.25, 0.3) is 0 Å². The molecule has 0 radical (unpaired) electrons. The molecule has 0 saturated heterocycles. The fraction of sp³-hybridized carbons (Fsp3) is 0.562. The maximum atomic E-state index is 12.8. The van der Waals surface area contributed by atoms with Crippen molar-refractivity contribution in [3.63, 3.8) is 0 Å². The topological polar surface area (TPSA) is 61.4 Å². The molecule has 0 bridgehead atoms. The third-order valence-corrected chi connectivity index (χ3v) is 3.26. The SMILES string of the molecule is CC(C)CC(CCO)CNC(=O)NCc1ccc(F)cc1. The molecule has 1 aromatic carbocycles. The van der Waals surface area contributed by atoms with Gasteiger partial charge < -0.3 is 15.7 Å². The first-order chi connectivity index (χ1) is 10.0. The molecule has 1 rings (SSSR count). The van der Waals surface area contributed by atoms with E-state index in [1.54, 1.807) is 12.1 Å². The van der Waals surface area contributed by atoms with E-state index in [0.717, 1.165) is 12.0 Å². The van der Waals surface area contributed by atoms with Gasteiger partial charge in [-0.3, -0.25) is 0 Å². The molecule has 118 valence electrons. The number of carbonyl (C=O) groups excluding carboxylic acids is 1. The van der Waals surface area contributed by atoms with Gasteiger partial charge in [0, 0.05) is 19.7 Å². The molecule has 1 atom stereocenters. The molecular formula is C16H25FN2O2. The van der Waals surface area contributed by atoms with Crippen molar-refractivity contribution in [1.82, 2.24) is 10.6 Å².